The molecule has 1 aromatic rings. The van der Waals surface area contributed by atoms with E-state index >= 15 is 0 Å². The van der Waals surface area contributed by atoms with Crippen molar-refractivity contribution in [1.29, 1.82) is 0 Å². The molecule has 4 nitrogen and oxygen atoms in total. The van der Waals surface area contributed by atoms with E-state index in [1.54, 1.807) is 23.4 Å². The second kappa shape index (κ2) is 4.61. The van der Waals surface area contributed by atoms with Crippen LogP contribution in [0.15, 0.2) is 18.5 Å². The van der Waals surface area contributed by atoms with Gasteiger partial charge in [0.25, 0.3) is 5.91 Å². The van der Waals surface area contributed by atoms with Crippen LogP contribution in [0.1, 0.15) is 29.3 Å². The molecule has 0 aromatic carbocycles. The molecule has 1 aromatic heterocycles. The van der Waals surface area contributed by atoms with Gasteiger partial charge in [-0.3, -0.25) is 9.78 Å². The molecular weight excluding hydrogens is 204 g/mol. The molecule has 0 radical (unpaired) electrons. The van der Waals surface area contributed by atoms with Crippen molar-refractivity contribution >= 4 is 5.91 Å². The molecule has 2 rings (SSSR count). The van der Waals surface area contributed by atoms with Crippen LogP contribution in [0.4, 0.5) is 0 Å². The Morgan fingerprint density at radius 2 is 2.50 bits per heavy atom. The van der Waals surface area contributed by atoms with Crippen molar-refractivity contribution in [3.8, 4) is 0 Å². The van der Waals surface area contributed by atoms with Crippen molar-refractivity contribution in [3.63, 3.8) is 0 Å². The van der Waals surface area contributed by atoms with Crippen molar-refractivity contribution in [2.24, 2.45) is 0 Å². The maximum atomic E-state index is 12.2. The molecule has 1 N–H and O–H groups in total. The quantitative estimate of drug-likeness (QED) is 0.804. The predicted molar refractivity (Wildman–Crippen MR) is 60.1 cm³/mol. The molecule has 16 heavy (non-hydrogen) atoms. The molecule has 4 heteroatoms. The van der Waals surface area contributed by atoms with Gasteiger partial charge in [0.1, 0.15) is 0 Å². The van der Waals surface area contributed by atoms with Gasteiger partial charge >= 0.3 is 0 Å². The first-order valence-corrected chi connectivity index (χ1v) is 5.62. The lowest BCUT2D eigenvalue weighted by molar-refractivity contribution is 0.0764. The highest BCUT2D eigenvalue weighted by atomic mass is 16.3. The number of aryl methyl sites for hydroxylation is 1. The molecule has 1 aliphatic rings. The minimum Gasteiger partial charge on any atom is -0.391 e. The number of aliphatic hydroxyl groups excluding tert-OH is 1. The summed E-state index contributed by atoms with van der Waals surface area (Å²) in [6.07, 6.45) is 4.48. The number of carbonyl (C=O) groups is 1. The van der Waals surface area contributed by atoms with E-state index in [0.717, 1.165) is 12.0 Å². The topological polar surface area (TPSA) is 53.4 Å². The van der Waals surface area contributed by atoms with Crippen LogP contribution in [0.5, 0.6) is 0 Å². The monoisotopic (exact) mass is 220 g/mol. The number of hydrogen-bond donors (Lipinski definition) is 1. The van der Waals surface area contributed by atoms with Crippen LogP contribution in [0.25, 0.3) is 0 Å². The van der Waals surface area contributed by atoms with E-state index in [1.165, 1.54) is 0 Å². The Morgan fingerprint density at radius 1 is 1.69 bits per heavy atom. The fourth-order valence-corrected chi connectivity index (χ4v) is 2.01. The predicted octanol–water partition coefficient (Wildman–Crippen LogP) is 0.851. The van der Waals surface area contributed by atoms with Crippen molar-refractivity contribution in [2.45, 2.75) is 25.9 Å². The van der Waals surface area contributed by atoms with Crippen LogP contribution in [0.2, 0.25) is 0 Å². The lowest BCUT2D eigenvalue weighted by Crippen LogP contribution is -2.30. The van der Waals surface area contributed by atoms with Gasteiger partial charge in [0, 0.05) is 31.0 Å². The van der Waals surface area contributed by atoms with Crippen molar-refractivity contribution in [2.75, 3.05) is 13.1 Å². The molecule has 0 aliphatic carbocycles. The Morgan fingerprint density at radius 3 is 3.12 bits per heavy atom. The molecule has 1 fully saturated rings. The summed E-state index contributed by atoms with van der Waals surface area (Å²) in [6.45, 7) is 3.10. The fourth-order valence-electron chi connectivity index (χ4n) is 2.01. The number of aromatic nitrogens is 1. The summed E-state index contributed by atoms with van der Waals surface area (Å²) in [6, 6.07) is 1.76. The third kappa shape index (κ3) is 2.07. The Hall–Kier alpha value is -1.42. The average Bonchev–Trinajstić information content (AvgIpc) is 2.75. The van der Waals surface area contributed by atoms with E-state index in [0.29, 0.717) is 25.1 Å². The van der Waals surface area contributed by atoms with Gasteiger partial charge in [0.2, 0.25) is 0 Å². The number of aliphatic hydroxyl groups is 1. The van der Waals surface area contributed by atoms with Gasteiger partial charge in [-0.25, -0.2) is 0 Å². The fraction of sp³-hybridized carbons (Fsp3) is 0.500. The van der Waals surface area contributed by atoms with Crippen molar-refractivity contribution in [3.05, 3.63) is 29.6 Å². The number of β-amino-alcohol motifs (C(OH)–C–C–N with tert-alkyl or cyclic N) is 1. The summed E-state index contributed by atoms with van der Waals surface area (Å²) in [7, 11) is 0. The zero-order valence-corrected chi connectivity index (χ0v) is 9.39. The number of rotatable bonds is 2. The molecular formula is C12H16N2O2. The number of hydrogen-bond acceptors (Lipinski definition) is 3. The van der Waals surface area contributed by atoms with Crippen LogP contribution in [-0.4, -0.2) is 40.1 Å². The smallest absolute Gasteiger partial charge is 0.254 e. The number of carbonyl (C=O) groups excluding carboxylic acids is 1. The van der Waals surface area contributed by atoms with Crippen LogP contribution < -0.4 is 0 Å². The third-order valence-corrected chi connectivity index (χ3v) is 2.97. The summed E-state index contributed by atoms with van der Waals surface area (Å²) in [4.78, 5) is 17.9. The molecule has 0 spiro atoms. The minimum absolute atomic E-state index is 0.0100. The van der Waals surface area contributed by atoms with E-state index in [4.69, 9.17) is 0 Å². The van der Waals surface area contributed by atoms with E-state index < -0.39 is 0 Å². The second-order valence-corrected chi connectivity index (χ2v) is 4.08. The van der Waals surface area contributed by atoms with Crippen molar-refractivity contribution in [1.82, 2.24) is 9.88 Å². The Kier molecular flexibility index (Phi) is 3.19. The zero-order valence-electron chi connectivity index (χ0n) is 9.39. The largest absolute Gasteiger partial charge is 0.391 e. The zero-order chi connectivity index (χ0) is 11.5. The normalized spacial score (nSPS) is 20.1. The van der Waals surface area contributed by atoms with Gasteiger partial charge in [-0.2, -0.15) is 0 Å². The molecule has 1 aliphatic heterocycles. The molecule has 1 saturated heterocycles. The van der Waals surface area contributed by atoms with Gasteiger partial charge in [-0.1, -0.05) is 6.92 Å². The Labute approximate surface area is 94.9 Å². The van der Waals surface area contributed by atoms with Gasteiger partial charge in [-0.15, -0.1) is 0 Å². The van der Waals surface area contributed by atoms with E-state index in [9.17, 15) is 9.90 Å². The number of amides is 1. The van der Waals surface area contributed by atoms with Gasteiger partial charge in [0.05, 0.1) is 6.10 Å². The Bertz CT molecular complexity index is 392. The molecule has 0 unspecified atom stereocenters. The van der Waals surface area contributed by atoms with Gasteiger partial charge in [-0.05, 0) is 24.5 Å². The van der Waals surface area contributed by atoms with E-state index in [-0.39, 0.29) is 12.0 Å². The van der Waals surface area contributed by atoms with Crippen LogP contribution in [0, 0.1) is 0 Å². The molecule has 2 heterocycles. The highest BCUT2D eigenvalue weighted by Gasteiger charge is 2.26. The average molecular weight is 220 g/mol. The summed E-state index contributed by atoms with van der Waals surface area (Å²) < 4.78 is 0. The highest BCUT2D eigenvalue weighted by Crippen LogP contribution is 2.16. The minimum atomic E-state index is -0.365. The van der Waals surface area contributed by atoms with Gasteiger partial charge < -0.3 is 10.0 Å². The highest BCUT2D eigenvalue weighted by molar-refractivity contribution is 5.95. The lowest BCUT2D eigenvalue weighted by atomic mass is 10.1. The van der Waals surface area contributed by atoms with Crippen molar-refractivity contribution < 1.29 is 9.90 Å². The first-order chi connectivity index (χ1) is 7.72. The summed E-state index contributed by atoms with van der Waals surface area (Å²) >= 11 is 0. The summed E-state index contributed by atoms with van der Waals surface area (Å²) in [5, 5.41) is 9.42. The standard InChI is InChI=1S/C12H16N2O2/c1-2-9-7-13-5-3-11(9)12(16)14-6-4-10(15)8-14/h3,5,7,10,15H,2,4,6,8H2,1H3/t10-/m0/s1. The number of pyridine rings is 1. The number of nitrogens with zero attached hydrogens (tertiary/aromatic N) is 2. The number of likely N-dealkylation sites (tertiary alicyclic amines) is 1. The van der Waals surface area contributed by atoms with Gasteiger partial charge in [0.15, 0.2) is 0 Å². The molecule has 0 bridgehead atoms. The molecule has 0 saturated carbocycles. The van der Waals surface area contributed by atoms with Crippen LogP contribution in [-0.2, 0) is 6.42 Å². The first kappa shape index (κ1) is 11.1. The van der Waals surface area contributed by atoms with Crippen LogP contribution >= 0.6 is 0 Å². The first-order valence-electron chi connectivity index (χ1n) is 5.62. The van der Waals surface area contributed by atoms with E-state index in [2.05, 4.69) is 4.98 Å². The SMILES string of the molecule is CCc1cnccc1C(=O)N1CC[C@H](O)C1. The lowest BCUT2D eigenvalue weighted by Gasteiger charge is -2.17. The van der Waals surface area contributed by atoms with Crippen LogP contribution in [0.3, 0.4) is 0 Å². The molecule has 1 atom stereocenters. The molecule has 86 valence electrons. The van der Waals surface area contributed by atoms with E-state index in [1.807, 2.05) is 6.92 Å². The summed E-state index contributed by atoms with van der Waals surface area (Å²) in [5.41, 5.74) is 1.68. The maximum Gasteiger partial charge on any atom is 0.254 e. The maximum absolute atomic E-state index is 12.2. The second-order valence-electron chi connectivity index (χ2n) is 4.08. The molecule has 1 amide bonds. The Balaban J connectivity index is 2.20. The summed E-state index contributed by atoms with van der Waals surface area (Å²) in [5.74, 6) is 0.0100. The third-order valence-electron chi connectivity index (χ3n) is 2.97.